The smallest absolute Gasteiger partial charge is 0.322 e. The van der Waals surface area contributed by atoms with Crippen molar-refractivity contribution in [2.24, 2.45) is 0 Å². The molecule has 11 heteroatoms. The number of carbonyl (C=O) groups is 1. The first-order valence-electron chi connectivity index (χ1n) is 15.6. The topological polar surface area (TPSA) is 94.4 Å². The van der Waals surface area contributed by atoms with E-state index in [1.54, 1.807) is 10.6 Å². The monoisotopic (exact) mass is 589 g/mol. The molecule has 4 heterocycles. The molecular formula is C32H47N9O2. The minimum atomic E-state index is 0.0816. The van der Waals surface area contributed by atoms with Crippen LogP contribution in [0.4, 0.5) is 11.6 Å². The summed E-state index contributed by atoms with van der Waals surface area (Å²) in [6.45, 7) is 13.9. The van der Waals surface area contributed by atoms with Crippen molar-refractivity contribution in [1.82, 2.24) is 34.3 Å². The number of carbonyl (C=O) groups excluding carboxylic acids is 1. The maximum atomic E-state index is 12.6. The van der Waals surface area contributed by atoms with E-state index in [9.17, 15) is 4.79 Å². The van der Waals surface area contributed by atoms with E-state index >= 15 is 0 Å². The van der Waals surface area contributed by atoms with Crippen LogP contribution in [0.25, 0.3) is 5.65 Å². The van der Waals surface area contributed by atoms with Crippen LogP contribution < -0.4 is 15.0 Å². The van der Waals surface area contributed by atoms with Gasteiger partial charge in [0, 0.05) is 69.7 Å². The van der Waals surface area contributed by atoms with Crippen LogP contribution >= 0.6 is 0 Å². The number of para-hydroxylation sites is 1. The second-order valence-electron chi connectivity index (χ2n) is 12.0. The third-order valence-electron chi connectivity index (χ3n) is 8.34. The zero-order chi connectivity index (χ0) is 30.3. The summed E-state index contributed by atoms with van der Waals surface area (Å²) in [7, 11) is 3.99. The Kier molecular flexibility index (Phi) is 10.1. The van der Waals surface area contributed by atoms with Gasteiger partial charge in [0.05, 0.1) is 6.20 Å². The predicted octanol–water partition coefficient (Wildman–Crippen LogP) is 3.49. The third-order valence-corrected chi connectivity index (χ3v) is 8.34. The number of likely N-dealkylation sites (tertiary alicyclic amines) is 1. The van der Waals surface area contributed by atoms with Gasteiger partial charge in [-0.25, -0.2) is 0 Å². The summed E-state index contributed by atoms with van der Waals surface area (Å²) in [5, 5.41) is 8.19. The molecule has 0 radical (unpaired) electrons. The highest BCUT2D eigenvalue weighted by Gasteiger charge is 2.24. The van der Waals surface area contributed by atoms with Crippen molar-refractivity contribution in [2.75, 3.05) is 76.7 Å². The number of ether oxygens (including phenoxy) is 1. The maximum absolute atomic E-state index is 12.6. The number of hydrogen-bond donors (Lipinski definition) is 1. The van der Waals surface area contributed by atoms with Crippen molar-refractivity contribution in [3.8, 4) is 6.01 Å². The van der Waals surface area contributed by atoms with Crippen molar-refractivity contribution in [3.63, 3.8) is 0 Å². The van der Waals surface area contributed by atoms with Gasteiger partial charge in [-0.05, 0) is 51.0 Å². The number of nitrogens with zero attached hydrogens (tertiary/aromatic N) is 8. The lowest BCUT2D eigenvalue weighted by atomic mass is 10.1. The minimum Gasteiger partial charge on any atom is -0.460 e. The first-order chi connectivity index (χ1) is 20.8. The first kappa shape index (κ1) is 30.7. The van der Waals surface area contributed by atoms with Crippen LogP contribution in [-0.2, 0) is 11.3 Å². The summed E-state index contributed by atoms with van der Waals surface area (Å²) in [5.41, 5.74) is 4.17. The van der Waals surface area contributed by atoms with Crippen molar-refractivity contribution in [2.45, 2.75) is 52.2 Å². The van der Waals surface area contributed by atoms with E-state index in [1.165, 1.54) is 0 Å². The first-order valence-corrected chi connectivity index (χ1v) is 15.6. The average Bonchev–Trinajstić information content (AvgIpc) is 3.45. The van der Waals surface area contributed by atoms with Gasteiger partial charge < -0.3 is 29.7 Å². The Labute approximate surface area is 255 Å². The van der Waals surface area contributed by atoms with Gasteiger partial charge in [0.25, 0.3) is 0 Å². The molecule has 11 nitrogen and oxygen atoms in total. The molecule has 0 spiro atoms. The standard InChI is InChI=1S/C32H47N9O2/c1-6-38-16-13-26(14-17-38)43-32-35-30-27(24(2)3)23-34-41(30)31(36-32)33-22-25-10-7-8-11-28(25)39-18-20-40(21-19-39)29(42)12-9-15-37(4)5/h7-12,23-24,26H,6,13-22H2,1-5H3,(H,33,35,36)/b12-9+. The van der Waals surface area contributed by atoms with Gasteiger partial charge in [0.15, 0.2) is 5.65 Å². The number of fused-ring (bicyclic) bond motifs is 1. The second-order valence-corrected chi connectivity index (χ2v) is 12.0. The van der Waals surface area contributed by atoms with E-state index in [2.05, 4.69) is 65.3 Å². The Morgan fingerprint density at radius 2 is 1.84 bits per heavy atom. The lowest BCUT2D eigenvalue weighted by molar-refractivity contribution is -0.126. The van der Waals surface area contributed by atoms with E-state index in [0.717, 1.165) is 74.6 Å². The van der Waals surface area contributed by atoms with Gasteiger partial charge in [-0.15, -0.1) is 0 Å². The number of hydrogen-bond acceptors (Lipinski definition) is 9. The molecular weight excluding hydrogens is 542 g/mol. The summed E-state index contributed by atoms with van der Waals surface area (Å²) in [6, 6.07) is 8.84. The van der Waals surface area contributed by atoms with Crippen LogP contribution in [0.3, 0.4) is 0 Å². The Bertz CT molecular complexity index is 1390. The van der Waals surface area contributed by atoms with E-state index in [0.29, 0.717) is 31.6 Å². The largest absolute Gasteiger partial charge is 0.460 e. The van der Waals surface area contributed by atoms with Gasteiger partial charge >= 0.3 is 6.01 Å². The van der Waals surface area contributed by atoms with Crippen LogP contribution in [0.5, 0.6) is 6.01 Å². The van der Waals surface area contributed by atoms with Crippen LogP contribution in [0.15, 0.2) is 42.6 Å². The van der Waals surface area contributed by atoms with E-state index < -0.39 is 0 Å². The number of amides is 1. The zero-order valence-electron chi connectivity index (χ0n) is 26.4. The van der Waals surface area contributed by atoms with E-state index in [-0.39, 0.29) is 17.9 Å². The Hall–Kier alpha value is -3.70. The number of nitrogens with one attached hydrogen (secondary N) is 1. The molecule has 1 N–H and O–H groups in total. The van der Waals surface area contributed by atoms with Crippen LogP contribution in [0.1, 0.15) is 50.7 Å². The number of likely N-dealkylation sites (N-methyl/N-ethyl adjacent to an activating group) is 1. The summed E-state index contributed by atoms with van der Waals surface area (Å²) in [4.78, 5) is 31.0. The fourth-order valence-corrected chi connectivity index (χ4v) is 5.72. The number of rotatable bonds is 11. The number of aromatic nitrogens is 4. The molecule has 2 aliphatic rings. The van der Waals surface area contributed by atoms with E-state index in [1.807, 2.05) is 36.2 Å². The summed E-state index contributed by atoms with van der Waals surface area (Å²) in [5.74, 6) is 0.974. The minimum absolute atomic E-state index is 0.0816. The molecule has 2 fully saturated rings. The van der Waals surface area contributed by atoms with Crippen molar-refractivity contribution in [3.05, 3.63) is 53.7 Å². The summed E-state index contributed by atoms with van der Waals surface area (Å²) >= 11 is 0. The average molecular weight is 590 g/mol. The molecule has 1 amide bonds. The second kappa shape index (κ2) is 14.2. The lowest BCUT2D eigenvalue weighted by Gasteiger charge is -2.36. The van der Waals surface area contributed by atoms with Crippen molar-refractivity contribution in [1.29, 1.82) is 0 Å². The van der Waals surface area contributed by atoms with Crippen molar-refractivity contribution >= 4 is 23.2 Å². The molecule has 3 aromatic rings. The van der Waals surface area contributed by atoms with Crippen molar-refractivity contribution < 1.29 is 9.53 Å². The molecule has 5 rings (SSSR count). The quantitative estimate of drug-likeness (QED) is 0.337. The molecule has 2 aromatic heterocycles. The van der Waals surface area contributed by atoms with Gasteiger partial charge in [0.2, 0.25) is 11.9 Å². The van der Waals surface area contributed by atoms with Gasteiger partial charge in [-0.3, -0.25) is 4.79 Å². The zero-order valence-corrected chi connectivity index (χ0v) is 26.4. The molecule has 43 heavy (non-hydrogen) atoms. The number of benzene rings is 1. The SMILES string of the molecule is CCN1CCC(Oc2nc(NCc3ccccc3N3CCN(C(=O)/C=C/CN(C)C)CC3)n3ncc(C(C)C)c3n2)CC1. The highest BCUT2D eigenvalue weighted by Crippen LogP contribution is 2.26. The molecule has 0 saturated carbocycles. The van der Waals surface area contributed by atoms with Crippen LogP contribution in [-0.4, -0.2) is 113 Å². The van der Waals surface area contributed by atoms with Crippen LogP contribution in [0.2, 0.25) is 0 Å². The van der Waals surface area contributed by atoms with Gasteiger partial charge in [-0.1, -0.05) is 45.0 Å². The predicted molar refractivity (Wildman–Crippen MR) is 171 cm³/mol. The number of piperazine rings is 1. The summed E-state index contributed by atoms with van der Waals surface area (Å²) in [6.07, 6.45) is 7.56. The van der Waals surface area contributed by atoms with E-state index in [4.69, 9.17) is 14.7 Å². The molecule has 2 aliphatic heterocycles. The molecule has 0 bridgehead atoms. The molecule has 0 atom stereocenters. The molecule has 0 aliphatic carbocycles. The normalized spacial score (nSPS) is 17.1. The Morgan fingerprint density at radius 3 is 2.53 bits per heavy atom. The third kappa shape index (κ3) is 7.64. The molecule has 1 aromatic carbocycles. The summed E-state index contributed by atoms with van der Waals surface area (Å²) < 4.78 is 8.15. The number of anilines is 2. The fourth-order valence-electron chi connectivity index (χ4n) is 5.72. The highest BCUT2D eigenvalue weighted by molar-refractivity contribution is 5.87. The molecule has 2 saturated heterocycles. The maximum Gasteiger partial charge on any atom is 0.322 e. The lowest BCUT2D eigenvalue weighted by Crippen LogP contribution is -2.48. The van der Waals surface area contributed by atoms with Crippen LogP contribution in [0, 0.1) is 0 Å². The number of piperidine rings is 1. The Morgan fingerprint density at radius 1 is 1.09 bits per heavy atom. The fraction of sp³-hybridized carbons (Fsp3) is 0.562. The highest BCUT2D eigenvalue weighted by atomic mass is 16.5. The molecule has 0 unspecified atom stereocenters. The van der Waals surface area contributed by atoms with Gasteiger partial charge in [0.1, 0.15) is 6.10 Å². The Balaban J connectivity index is 1.29. The van der Waals surface area contributed by atoms with Gasteiger partial charge in [-0.2, -0.15) is 19.6 Å². The molecule has 232 valence electrons.